The monoisotopic (exact) mass is 340 g/mol. The number of rotatable bonds is 8. The van der Waals surface area contributed by atoms with Crippen molar-refractivity contribution in [1.29, 1.82) is 0 Å². The fraction of sp³-hybridized carbons (Fsp3) is 0.400. The maximum absolute atomic E-state index is 12.4. The van der Waals surface area contributed by atoms with E-state index in [-0.39, 0.29) is 24.5 Å². The van der Waals surface area contributed by atoms with Gasteiger partial charge in [0, 0.05) is 36.9 Å². The second-order valence-corrected chi connectivity index (χ2v) is 6.38. The lowest BCUT2D eigenvalue weighted by Gasteiger charge is -2.25. The van der Waals surface area contributed by atoms with Crippen LogP contribution in [0.1, 0.15) is 47.5 Å². The van der Waals surface area contributed by atoms with E-state index in [4.69, 9.17) is 4.74 Å². The van der Waals surface area contributed by atoms with E-state index in [0.717, 1.165) is 18.4 Å². The predicted octanol–water partition coefficient (Wildman–Crippen LogP) is 2.91. The molecule has 1 aromatic heterocycles. The number of amides is 1. The van der Waals surface area contributed by atoms with E-state index in [1.165, 1.54) is 6.42 Å². The molecular weight excluding hydrogens is 316 g/mol. The van der Waals surface area contributed by atoms with Gasteiger partial charge in [-0.3, -0.25) is 4.79 Å². The van der Waals surface area contributed by atoms with Gasteiger partial charge in [0.1, 0.15) is 6.10 Å². The van der Waals surface area contributed by atoms with E-state index < -0.39 is 0 Å². The van der Waals surface area contributed by atoms with Crippen LogP contribution in [0.2, 0.25) is 0 Å². The number of nitrogens with one attached hydrogen (secondary N) is 1. The van der Waals surface area contributed by atoms with Gasteiger partial charge in [0.2, 0.25) is 5.88 Å². The highest BCUT2D eigenvalue weighted by Gasteiger charge is 2.20. The predicted molar refractivity (Wildman–Crippen MR) is 95.7 cm³/mol. The molecule has 1 amide bonds. The smallest absolute Gasteiger partial charge is 0.251 e. The molecule has 2 aromatic rings. The highest BCUT2D eigenvalue weighted by Crippen LogP contribution is 2.24. The van der Waals surface area contributed by atoms with Crippen LogP contribution in [0.4, 0.5) is 0 Å². The molecule has 1 aliphatic carbocycles. The molecule has 25 heavy (non-hydrogen) atoms. The lowest BCUT2D eigenvalue weighted by Crippen LogP contribution is -2.29. The average Bonchev–Trinajstić information content (AvgIpc) is 2.62. The Labute approximate surface area is 148 Å². The summed E-state index contributed by atoms with van der Waals surface area (Å²) >= 11 is 0. The van der Waals surface area contributed by atoms with Crippen molar-refractivity contribution in [3.8, 4) is 5.88 Å². The molecule has 0 radical (unpaired) electrons. The SMILES string of the molecule is O=C(NCC(CCO)c1ccccc1)c1ccnc(OC2CCC2)c1. The van der Waals surface area contributed by atoms with Crippen LogP contribution < -0.4 is 10.1 Å². The third-order valence-corrected chi connectivity index (χ3v) is 4.59. The second-order valence-electron chi connectivity index (χ2n) is 6.38. The summed E-state index contributed by atoms with van der Waals surface area (Å²) in [6.07, 6.45) is 5.74. The van der Waals surface area contributed by atoms with Crippen molar-refractivity contribution in [2.24, 2.45) is 0 Å². The van der Waals surface area contributed by atoms with Crippen molar-refractivity contribution in [2.45, 2.75) is 37.7 Å². The summed E-state index contributed by atoms with van der Waals surface area (Å²) in [6, 6.07) is 13.3. The molecule has 1 aromatic carbocycles. The van der Waals surface area contributed by atoms with Crippen molar-refractivity contribution < 1.29 is 14.6 Å². The third-order valence-electron chi connectivity index (χ3n) is 4.59. The molecule has 1 fully saturated rings. The molecule has 1 aliphatic rings. The van der Waals surface area contributed by atoms with Crippen molar-refractivity contribution in [3.63, 3.8) is 0 Å². The maximum Gasteiger partial charge on any atom is 0.251 e. The standard InChI is InChI=1S/C20H24N2O3/c23-12-10-17(15-5-2-1-3-6-15)14-22-20(24)16-9-11-21-19(13-16)25-18-7-4-8-18/h1-3,5-6,9,11,13,17-18,23H,4,7-8,10,12,14H2,(H,22,24). The Kier molecular flexibility index (Phi) is 6.01. The highest BCUT2D eigenvalue weighted by molar-refractivity contribution is 5.94. The van der Waals surface area contributed by atoms with Gasteiger partial charge in [-0.2, -0.15) is 0 Å². The Morgan fingerprint density at radius 1 is 1.28 bits per heavy atom. The number of carbonyl (C=O) groups excluding carboxylic acids is 1. The zero-order valence-corrected chi connectivity index (χ0v) is 14.2. The zero-order chi connectivity index (χ0) is 17.5. The topological polar surface area (TPSA) is 71.5 Å². The minimum Gasteiger partial charge on any atom is -0.474 e. The first kappa shape index (κ1) is 17.4. The minimum atomic E-state index is -0.153. The van der Waals surface area contributed by atoms with Gasteiger partial charge in [0.15, 0.2) is 0 Å². The Morgan fingerprint density at radius 2 is 2.08 bits per heavy atom. The molecule has 5 nitrogen and oxygen atoms in total. The molecule has 132 valence electrons. The van der Waals surface area contributed by atoms with Gasteiger partial charge in [-0.05, 0) is 37.3 Å². The molecule has 5 heteroatoms. The first-order valence-corrected chi connectivity index (χ1v) is 8.83. The number of carbonyl (C=O) groups is 1. The first-order chi connectivity index (χ1) is 12.3. The van der Waals surface area contributed by atoms with Gasteiger partial charge >= 0.3 is 0 Å². The number of nitrogens with zero attached hydrogens (tertiary/aromatic N) is 1. The van der Waals surface area contributed by atoms with Gasteiger partial charge in [0.05, 0.1) is 0 Å². The number of aliphatic hydroxyl groups is 1. The van der Waals surface area contributed by atoms with Crippen LogP contribution in [0.15, 0.2) is 48.7 Å². The summed E-state index contributed by atoms with van der Waals surface area (Å²) in [5.41, 5.74) is 1.65. The van der Waals surface area contributed by atoms with Gasteiger partial charge < -0.3 is 15.2 Å². The molecule has 1 saturated carbocycles. The van der Waals surface area contributed by atoms with E-state index in [0.29, 0.717) is 24.4 Å². The van der Waals surface area contributed by atoms with E-state index in [9.17, 15) is 9.90 Å². The summed E-state index contributed by atoms with van der Waals surface area (Å²) in [7, 11) is 0. The Bertz CT molecular complexity index is 686. The van der Waals surface area contributed by atoms with Crippen molar-refractivity contribution in [1.82, 2.24) is 10.3 Å². The number of hydrogen-bond acceptors (Lipinski definition) is 4. The minimum absolute atomic E-state index is 0.0858. The number of hydrogen-bond donors (Lipinski definition) is 2. The number of pyridine rings is 1. The molecular formula is C20H24N2O3. The van der Waals surface area contributed by atoms with Crippen LogP contribution in [-0.2, 0) is 0 Å². The van der Waals surface area contributed by atoms with Crippen LogP contribution in [0.25, 0.3) is 0 Å². The lowest BCUT2D eigenvalue weighted by atomic mass is 9.96. The van der Waals surface area contributed by atoms with Crippen LogP contribution >= 0.6 is 0 Å². The molecule has 2 N–H and O–H groups in total. The number of benzene rings is 1. The first-order valence-electron chi connectivity index (χ1n) is 8.83. The molecule has 3 rings (SSSR count). The van der Waals surface area contributed by atoms with E-state index in [1.807, 2.05) is 30.3 Å². The quantitative estimate of drug-likeness (QED) is 0.775. The number of aliphatic hydroxyl groups excluding tert-OH is 1. The van der Waals surface area contributed by atoms with E-state index >= 15 is 0 Å². The molecule has 0 bridgehead atoms. The largest absolute Gasteiger partial charge is 0.474 e. The summed E-state index contributed by atoms with van der Waals surface area (Å²) in [6.45, 7) is 0.564. The average molecular weight is 340 g/mol. The van der Waals surface area contributed by atoms with Crippen LogP contribution in [0, 0.1) is 0 Å². The van der Waals surface area contributed by atoms with Gasteiger partial charge in [-0.25, -0.2) is 4.98 Å². The van der Waals surface area contributed by atoms with E-state index in [2.05, 4.69) is 10.3 Å². The van der Waals surface area contributed by atoms with Gasteiger partial charge in [0.25, 0.3) is 5.91 Å². The van der Waals surface area contributed by atoms with Crippen molar-refractivity contribution >= 4 is 5.91 Å². The third kappa shape index (κ3) is 4.79. The highest BCUT2D eigenvalue weighted by atomic mass is 16.5. The summed E-state index contributed by atoms with van der Waals surface area (Å²) < 4.78 is 5.75. The molecule has 0 spiro atoms. The molecule has 1 heterocycles. The van der Waals surface area contributed by atoms with E-state index in [1.54, 1.807) is 18.3 Å². The van der Waals surface area contributed by atoms with Crippen molar-refractivity contribution in [2.75, 3.05) is 13.2 Å². The lowest BCUT2D eigenvalue weighted by molar-refractivity contribution is 0.0944. The number of ether oxygens (including phenoxy) is 1. The zero-order valence-electron chi connectivity index (χ0n) is 14.2. The Morgan fingerprint density at radius 3 is 2.76 bits per heavy atom. The Hall–Kier alpha value is -2.40. The molecule has 1 unspecified atom stereocenters. The normalized spacial score (nSPS) is 15.2. The Balaban J connectivity index is 1.59. The fourth-order valence-corrected chi connectivity index (χ4v) is 2.86. The van der Waals surface area contributed by atoms with Gasteiger partial charge in [-0.15, -0.1) is 0 Å². The summed E-state index contributed by atoms with van der Waals surface area (Å²) in [5.74, 6) is 0.440. The molecule has 0 saturated heterocycles. The summed E-state index contributed by atoms with van der Waals surface area (Å²) in [5, 5.41) is 12.2. The maximum atomic E-state index is 12.4. The fourth-order valence-electron chi connectivity index (χ4n) is 2.86. The van der Waals surface area contributed by atoms with Crippen LogP contribution in [0.5, 0.6) is 5.88 Å². The number of aromatic nitrogens is 1. The molecule has 0 aliphatic heterocycles. The van der Waals surface area contributed by atoms with Crippen LogP contribution in [-0.4, -0.2) is 35.3 Å². The second kappa shape index (κ2) is 8.62. The van der Waals surface area contributed by atoms with Gasteiger partial charge in [-0.1, -0.05) is 30.3 Å². The summed E-state index contributed by atoms with van der Waals surface area (Å²) in [4.78, 5) is 16.6. The van der Waals surface area contributed by atoms with Crippen LogP contribution in [0.3, 0.4) is 0 Å². The van der Waals surface area contributed by atoms with Crippen molar-refractivity contribution in [3.05, 3.63) is 59.8 Å². The molecule has 1 atom stereocenters.